The molecule has 96 valence electrons. The molecule has 2 unspecified atom stereocenters. The molecule has 0 aromatic carbocycles. The lowest BCUT2D eigenvalue weighted by molar-refractivity contribution is 0.191. The van der Waals surface area contributed by atoms with Gasteiger partial charge in [-0.1, -0.05) is 0 Å². The van der Waals surface area contributed by atoms with Gasteiger partial charge in [0, 0.05) is 38.1 Å². The van der Waals surface area contributed by atoms with Gasteiger partial charge in [0.25, 0.3) is 0 Å². The normalized spacial score (nSPS) is 24.9. The highest BCUT2D eigenvalue weighted by Crippen LogP contribution is 2.24. The van der Waals surface area contributed by atoms with Crippen LogP contribution in [0.25, 0.3) is 0 Å². The van der Waals surface area contributed by atoms with Gasteiger partial charge < -0.3 is 19.5 Å². The quantitative estimate of drug-likeness (QED) is 0.825. The fourth-order valence-electron chi connectivity index (χ4n) is 2.54. The van der Waals surface area contributed by atoms with Crippen molar-refractivity contribution in [2.45, 2.75) is 32.0 Å². The first-order chi connectivity index (χ1) is 8.11. The molecule has 0 radical (unpaired) electrons. The molecule has 1 aliphatic rings. The SMILES string of the molecule is CCn1ccnc1N1CC(O)CC1CN(C)C. The zero-order valence-corrected chi connectivity index (χ0v) is 10.9. The molecule has 5 nitrogen and oxygen atoms in total. The van der Waals surface area contributed by atoms with Crippen LogP contribution in [0.1, 0.15) is 13.3 Å². The molecule has 0 bridgehead atoms. The standard InChI is InChI=1S/C12H22N4O/c1-4-15-6-5-13-12(15)16-9-11(17)7-10(16)8-14(2)3/h5-6,10-11,17H,4,7-9H2,1-3H3. The van der Waals surface area contributed by atoms with Gasteiger partial charge in [-0.3, -0.25) is 0 Å². The summed E-state index contributed by atoms with van der Waals surface area (Å²) in [6, 6.07) is 0.354. The highest BCUT2D eigenvalue weighted by Gasteiger charge is 2.33. The number of aromatic nitrogens is 2. The maximum Gasteiger partial charge on any atom is 0.205 e. The minimum absolute atomic E-state index is 0.234. The molecule has 0 spiro atoms. The molecule has 2 heterocycles. The largest absolute Gasteiger partial charge is 0.391 e. The molecule has 1 aromatic heterocycles. The summed E-state index contributed by atoms with van der Waals surface area (Å²) in [5.74, 6) is 0.982. The number of hydrogen-bond acceptors (Lipinski definition) is 4. The molecule has 0 amide bonds. The van der Waals surface area contributed by atoms with Crippen LogP contribution < -0.4 is 4.90 Å². The number of aryl methyl sites for hydroxylation is 1. The zero-order chi connectivity index (χ0) is 12.4. The van der Waals surface area contributed by atoms with E-state index in [0.717, 1.165) is 25.5 Å². The summed E-state index contributed by atoms with van der Waals surface area (Å²) in [6.45, 7) is 4.67. The highest BCUT2D eigenvalue weighted by molar-refractivity contribution is 5.36. The Balaban J connectivity index is 2.17. The Kier molecular flexibility index (Phi) is 3.69. The molecular formula is C12H22N4O. The predicted molar refractivity (Wildman–Crippen MR) is 68.2 cm³/mol. The van der Waals surface area contributed by atoms with Gasteiger partial charge >= 0.3 is 0 Å². The predicted octanol–water partition coefficient (Wildman–Crippen LogP) is 0.404. The van der Waals surface area contributed by atoms with E-state index in [9.17, 15) is 5.11 Å². The molecule has 1 fully saturated rings. The van der Waals surface area contributed by atoms with Gasteiger partial charge in [0.15, 0.2) is 0 Å². The summed E-state index contributed by atoms with van der Waals surface area (Å²) >= 11 is 0. The number of likely N-dealkylation sites (N-methyl/N-ethyl adjacent to an activating group) is 1. The van der Waals surface area contributed by atoms with Crippen molar-refractivity contribution < 1.29 is 5.11 Å². The Morgan fingerprint density at radius 1 is 1.53 bits per heavy atom. The summed E-state index contributed by atoms with van der Waals surface area (Å²) in [4.78, 5) is 8.81. The summed E-state index contributed by atoms with van der Waals surface area (Å²) in [6.07, 6.45) is 4.42. The third kappa shape index (κ3) is 2.61. The lowest BCUT2D eigenvalue weighted by atomic mass is 10.2. The maximum atomic E-state index is 9.85. The molecule has 0 saturated carbocycles. The van der Waals surface area contributed by atoms with Crippen LogP contribution in [0.2, 0.25) is 0 Å². The molecule has 1 aliphatic heterocycles. The zero-order valence-electron chi connectivity index (χ0n) is 10.9. The number of nitrogens with zero attached hydrogens (tertiary/aromatic N) is 4. The Bertz CT molecular complexity index is 363. The van der Waals surface area contributed by atoms with Crippen molar-refractivity contribution in [3.8, 4) is 0 Å². The molecule has 0 aliphatic carbocycles. The van der Waals surface area contributed by atoms with Crippen molar-refractivity contribution in [2.75, 3.05) is 32.1 Å². The van der Waals surface area contributed by atoms with Crippen LogP contribution in [-0.4, -0.2) is 58.9 Å². The van der Waals surface area contributed by atoms with E-state index in [-0.39, 0.29) is 6.10 Å². The van der Waals surface area contributed by atoms with Crippen molar-refractivity contribution in [2.24, 2.45) is 0 Å². The van der Waals surface area contributed by atoms with E-state index in [4.69, 9.17) is 0 Å². The van der Waals surface area contributed by atoms with E-state index in [2.05, 4.69) is 40.4 Å². The Hall–Kier alpha value is -1.07. The third-order valence-corrected chi connectivity index (χ3v) is 3.26. The third-order valence-electron chi connectivity index (χ3n) is 3.26. The molecule has 2 rings (SSSR count). The lowest BCUT2D eigenvalue weighted by Gasteiger charge is -2.28. The first-order valence-corrected chi connectivity index (χ1v) is 6.22. The van der Waals surface area contributed by atoms with Gasteiger partial charge in [0.1, 0.15) is 0 Å². The van der Waals surface area contributed by atoms with Gasteiger partial charge in [-0.25, -0.2) is 4.98 Å². The Labute approximate surface area is 103 Å². The van der Waals surface area contributed by atoms with Gasteiger partial charge in [-0.15, -0.1) is 0 Å². The van der Waals surface area contributed by atoms with Gasteiger partial charge in [0.2, 0.25) is 5.95 Å². The second kappa shape index (κ2) is 5.06. The summed E-state index contributed by atoms with van der Waals surface area (Å²) in [5, 5.41) is 9.85. The number of anilines is 1. The van der Waals surface area contributed by atoms with E-state index in [1.807, 2.05) is 12.4 Å². The Morgan fingerprint density at radius 2 is 2.29 bits per heavy atom. The fourth-order valence-corrected chi connectivity index (χ4v) is 2.54. The molecule has 1 aromatic rings. The molecule has 2 atom stereocenters. The second-order valence-electron chi connectivity index (χ2n) is 4.97. The van der Waals surface area contributed by atoms with Crippen molar-refractivity contribution >= 4 is 5.95 Å². The van der Waals surface area contributed by atoms with E-state index in [1.165, 1.54) is 0 Å². The monoisotopic (exact) mass is 238 g/mol. The first kappa shape index (κ1) is 12.4. The van der Waals surface area contributed by atoms with Crippen LogP contribution in [0.3, 0.4) is 0 Å². The topological polar surface area (TPSA) is 44.5 Å². The minimum Gasteiger partial charge on any atom is -0.391 e. The van der Waals surface area contributed by atoms with Crippen molar-refractivity contribution in [3.05, 3.63) is 12.4 Å². The van der Waals surface area contributed by atoms with Gasteiger partial charge in [-0.2, -0.15) is 0 Å². The summed E-state index contributed by atoms with van der Waals surface area (Å²) < 4.78 is 2.13. The van der Waals surface area contributed by atoms with E-state index in [1.54, 1.807) is 0 Å². The highest BCUT2D eigenvalue weighted by atomic mass is 16.3. The molecule has 1 N–H and O–H groups in total. The first-order valence-electron chi connectivity index (χ1n) is 6.22. The van der Waals surface area contributed by atoms with Crippen LogP contribution in [0, 0.1) is 0 Å². The fraction of sp³-hybridized carbons (Fsp3) is 0.750. The number of β-amino-alcohol motifs (C(OH)–C–C–N with tert-alkyl or cyclic N) is 1. The van der Waals surface area contributed by atoms with Crippen LogP contribution in [0.4, 0.5) is 5.95 Å². The summed E-state index contributed by atoms with van der Waals surface area (Å²) in [5.41, 5.74) is 0. The lowest BCUT2D eigenvalue weighted by Crippen LogP contribution is -2.39. The number of rotatable bonds is 4. The Morgan fingerprint density at radius 3 is 2.94 bits per heavy atom. The smallest absolute Gasteiger partial charge is 0.205 e. The average Bonchev–Trinajstić information content (AvgIpc) is 2.83. The van der Waals surface area contributed by atoms with E-state index < -0.39 is 0 Å². The van der Waals surface area contributed by atoms with Crippen LogP contribution in [0.15, 0.2) is 12.4 Å². The number of imidazole rings is 1. The minimum atomic E-state index is -0.234. The van der Waals surface area contributed by atoms with E-state index in [0.29, 0.717) is 12.6 Å². The van der Waals surface area contributed by atoms with Crippen molar-refractivity contribution in [1.82, 2.24) is 14.5 Å². The molecular weight excluding hydrogens is 216 g/mol. The van der Waals surface area contributed by atoms with E-state index >= 15 is 0 Å². The molecule has 5 heteroatoms. The summed E-state index contributed by atoms with van der Waals surface area (Å²) in [7, 11) is 4.13. The van der Waals surface area contributed by atoms with Crippen molar-refractivity contribution in [1.29, 1.82) is 0 Å². The number of aliphatic hydroxyl groups excluding tert-OH is 1. The second-order valence-corrected chi connectivity index (χ2v) is 4.97. The van der Waals surface area contributed by atoms with Crippen LogP contribution in [0.5, 0.6) is 0 Å². The maximum absolute atomic E-state index is 9.85. The van der Waals surface area contributed by atoms with Gasteiger partial charge in [0.05, 0.1) is 6.10 Å². The average molecular weight is 238 g/mol. The molecule has 17 heavy (non-hydrogen) atoms. The number of aliphatic hydroxyl groups is 1. The van der Waals surface area contributed by atoms with Crippen LogP contribution >= 0.6 is 0 Å². The van der Waals surface area contributed by atoms with Crippen LogP contribution in [-0.2, 0) is 6.54 Å². The molecule has 1 saturated heterocycles. The van der Waals surface area contributed by atoms with Gasteiger partial charge in [-0.05, 0) is 27.4 Å². The van der Waals surface area contributed by atoms with Crippen molar-refractivity contribution in [3.63, 3.8) is 0 Å². The number of hydrogen-bond donors (Lipinski definition) is 1.